The summed E-state index contributed by atoms with van der Waals surface area (Å²) < 4.78 is 7.35. The Balaban J connectivity index is 0.00000562. The molecule has 6 nitrogen and oxygen atoms in total. The van der Waals surface area contributed by atoms with E-state index < -0.39 is 5.97 Å². The van der Waals surface area contributed by atoms with Crippen molar-refractivity contribution < 1.29 is 41.0 Å². The highest BCUT2D eigenvalue weighted by Gasteiger charge is 2.44. The fourth-order valence-corrected chi connectivity index (χ4v) is 8.05. The van der Waals surface area contributed by atoms with Crippen molar-refractivity contribution in [2.45, 2.75) is 103 Å². The van der Waals surface area contributed by atoms with Gasteiger partial charge in [-0.2, -0.15) is 4.58 Å². The molecule has 2 aromatic carbocycles. The lowest BCUT2D eigenvalue weighted by Crippen LogP contribution is -3.00. The van der Waals surface area contributed by atoms with Gasteiger partial charge in [0.15, 0.2) is 5.71 Å². The molecule has 1 N–H and O–H groups in total. The topological polar surface area (TPSA) is 69.9 Å². The molecule has 2 aromatic rings. The number of unbranched alkanes of at least 4 members (excludes halogenated alkanes) is 4. The summed E-state index contributed by atoms with van der Waals surface area (Å²) in [5, 5.41) is 9.91. The number of ether oxygens (including phenoxy) is 1. The van der Waals surface area contributed by atoms with Gasteiger partial charge in [0.25, 0.3) is 6.47 Å². The standard InChI is InChI=1S/C42H51ClN2O4.BrH/c1-41(2)33-18-8-10-20-35(33)44(27-12-5-7-22-39(47)48)37(41)25-23-31-16-15-17-32(40(31)43)24-26-38-42(3,4)34-19-9-11-21-36(34)45(38)28-13-6-14-29-49-30-46;/h8-11,18-21,23-26,30H,5-7,12-17,22,27-29H2,1-4H3;1H. The van der Waals surface area contributed by atoms with E-state index in [0.717, 1.165) is 69.5 Å². The molecule has 0 saturated heterocycles. The van der Waals surface area contributed by atoms with Gasteiger partial charge in [-0.05, 0) is 87.6 Å². The van der Waals surface area contributed by atoms with Crippen LogP contribution in [0.15, 0.2) is 94.7 Å². The van der Waals surface area contributed by atoms with E-state index in [1.807, 2.05) is 0 Å². The maximum absolute atomic E-state index is 11.0. The first-order valence-electron chi connectivity index (χ1n) is 17.9. The first-order chi connectivity index (χ1) is 23.6. The molecule has 2 heterocycles. The van der Waals surface area contributed by atoms with E-state index in [2.05, 4.69) is 110 Å². The molecule has 0 atom stereocenters. The molecule has 0 saturated carbocycles. The SMILES string of the molecule is CC1(C)C(=CC=C2CCCC(C=CC3=[N+](CCCCCOC=O)c4ccccc4C3(C)C)=C2Cl)N(CCCCCC(=O)O)c2ccccc21.[Br-]. The zero-order valence-corrected chi connectivity index (χ0v) is 32.4. The molecule has 0 unspecified atom stereocenters. The van der Waals surface area contributed by atoms with E-state index in [1.165, 1.54) is 45.1 Å². The van der Waals surface area contributed by atoms with Gasteiger partial charge in [0, 0.05) is 58.9 Å². The molecular weight excluding hydrogens is 712 g/mol. The van der Waals surface area contributed by atoms with Gasteiger partial charge in [-0.25, -0.2) is 0 Å². The van der Waals surface area contributed by atoms with Crippen LogP contribution in [-0.2, 0) is 25.2 Å². The first-order valence-corrected chi connectivity index (χ1v) is 18.3. The average molecular weight is 764 g/mol. The fraction of sp³-hybridized carbons (Fsp3) is 0.452. The van der Waals surface area contributed by atoms with Crippen molar-refractivity contribution in [3.63, 3.8) is 0 Å². The van der Waals surface area contributed by atoms with Crippen LogP contribution < -0.4 is 21.9 Å². The zero-order valence-electron chi connectivity index (χ0n) is 30.0. The third-order valence-corrected chi connectivity index (χ3v) is 10.9. The van der Waals surface area contributed by atoms with Crippen molar-refractivity contribution in [1.29, 1.82) is 0 Å². The van der Waals surface area contributed by atoms with Gasteiger partial charge in [0.1, 0.15) is 6.54 Å². The largest absolute Gasteiger partial charge is 1.00 e. The number of aliphatic carboxylic acids is 1. The Morgan fingerprint density at radius 1 is 0.900 bits per heavy atom. The van der Waals surface area contributed by atoms with Crippen molar-refractivity contribution >= 4 is 41.1 Å². The molecule has 0 fully saturated rings. The van der Waals surface area contributed by atoms with Crippen LogP contribution >= 0.6 is 11.6 Å². The number of para-hydroxylation sites is 2. The quantitative estimate of drug-likeness (QED) is 0.115. The molecule has 5 rings (SSSR count). The number of nitrogens with zero attached hydrogens (tertiary/aromatic N) is 2. The predicted octanol–water partition coefficient (Wildman–Crippen LogP) is 6.90. The lowest BCUT2D eigenvalue weighted by atomic mass is 9.81. The van der Waals surface area contributed by atoms with Gasteiger partial charge in [0.2, 0.25) is 5.69 Å². The van der Waals surface area contributed by atoms with E-state index in [1.54, 1.807) is 0 Å². The smallest absolute Gasteiger partial charge is 0.303 e. The van der Waals surface area contributed by atoms with E-state index in [4.69, 9.17) is 21.4 Å². The van der Waals surface area contributed by atoms with Crippen molar-refractivity contribution in [3.05, 3.63) is 106 Å². The second-order valence-corrected chi connectivity index (χ2v) is 14.9. The van der Waals surface area contributed by atoms with Crippen LogP contribution in [-0.4, -0.2) is 47.5 Å². The summed E-state index contributed by atoms with van der Waals surface area (Å²) in [6, 6.07) is 17.3. The minimum atomic E-state index is -0.728. The van der Waals surface area contributed by atoms with Crippen LogP contribution in [0.2, 0.25) is 0 Å². The third-order valence-electron chi connectivity index (χ3n) is 10.4. The number of carboxylic acids is 1. The minimum Gasteiger partial charge on any atom is -1.00 e. The lowest BCUT2D eigenvalue weighted by Gasteiger charge is -2.27. The second-order valence-electron chi connectivity index (χ2n) is 14.5. The fourth-order valence-electron chi connectivity index (χ4n) is 7.73. The van der Waals surface area contributed by atoms with Crippen molar-refractivity contribution in [3.8, 4) is 0 Å². The van der Waals surface area contributed by atoms with Crippen LogP contribution in [0.1, 0.15) is 103 Å². The van der Waals surface area contributed by atoms with Gasteiger partial charge in [0.05, 0.1) is 12.0 Å². The maximum atomic E-state index is 11.0. The van der Waals surface area contributed by atoms with Crippen LogP contribution in [0.5, 0.6) is 0 Å². The van der Waals surface area contributed by atoms with E-state index in [-0.39, 0.29) is 34.2 Å². The maximum Gasteiger partial charge on any atom is 0.303 e. The highest BCUT2D eigenvalue weighted by Crippen LogP contribution is 2.48. The summed E-state index contributed by atoms with van der Waals surface area (Å²) in [6.45, 7) is 11.9. The molecule has 0 aromatic heterocycles. The average Bonchev–Trinajstić information content (AvgIpc) is 3.43. The Bertz CT molecular complexity index is 1700. The van der Waals surface area contributed by atoms with Crippen molar-refractivity contribution in [2.75, 3.05) is 24.6 Å². The molecule has 1 aliphatic carbocycles. The summed E-state index contributed by atoms with van der Waals surface area (Å²) in [4.78, 5) is 24.0. The van der Waals surface area contributed by atoms with Crippen molar-refractivity contribution in [1.82, 2.24) is 0 Å². The normalized spacial score (nSPS) is 19.3. The van der Waals surface area contributed by atoms with Gasteiger partial charge in [-0.1, -0.05) is 80.4 Å². The molecule has 3 aliphatic rings. The van der Waals surface area contributed by atoms with Crippen LogP contribution in [0.25, 0.3) is 0 Å². The third kappa shape index (κ3) is 8.71. The van der Waals surface area contributed by atoms with Crippen LogP contribution in [0.4, 0.5) is 11.4 Å². The van der Waals surface area contributed by atoms with Crippen LogP contribution in [0.3, 0.4) is 0 Å². The van der Waals surface area contributed by atoms with Crippen molar-refractivity contribution in [2.24, 2.45) is 0 Å². The number of rotatable bonds is 16. The second kappa shape index (κ2) is 17.7. The first kappa shape index (κ1) is 39.4. The number of carbonyl (C=O) groups is 2. The summed E-state index contributed by atoms with van der Waals surface area (Å²) in [6.07, 6.45) is 17.6. The lowest BCUT2D eigenvalue weighted by molar-refractivity contribution is -0.438. The van der Waals surface area contributed by atoms with Crippen LogP contribution in [0, 0.1) is 0 Å². The van der Waals surface area contributed by atoms with E-state index in [0.29, 0.717) is 19.5 Å². The highest BCUT2D eigenvalue weighted by molar-refractivity contribution is 6.32. The van der Waals surface area contributed by atoms with E-state index in [9.17, 15) is 9.59 Å². The molecule has 8 heteroatoms. The Morgan fingerprint density at radius 2 is 1.62 bits per heavy atom. The number of halogens is 2. The Morgan fingerprint density at radius 3 is 2.38 bits per heavy atom. The Hall–Kier alpha value is -3.42. The summed E-state index contributed by atoms with van der Waals surface area (Å²) >= 11 is 7.21. The molecule has 0 spiro atoms. The molecule has 0 bridgehead atoms. The minimum absolute atomic E-state index is 0. The number of hydrogen-bond donors (Lipinski definition) is 1. The van der Waals surface area contributed by atoms with Gasteiger partial charge in [-0.3, -0.25) is 9.59 Å². The highest BCUT2D eigenvalue weighted by atomic mass is 79.9. The number of allylic oxidation sites excluding steroid dienone is 8. The summed E-state index contributed by atoms with van der Waals surface area (Å²) in [5.41, 5.74) is 9.72. The monoisotopic (exact) mass is 762 g/mol. The number of hydrogen-bond acceptors (Lipinski definition) is 4. The van der Waals surface area contributed by atoms with Gasteiger partial charge in [-0.15, -0.1) is 0 Å². The molecular formula is C42H52BrClN2O4. The number of anilines is 1. The number of carbonyl (C=O) groups excluding carboxylic acids is 1. The number of carboxylic acid groups (broad SMARTS) is 1. The predicted molar refractivity (Wildman–Crippen MR) is 200 cm³/mol. The van der Waals surface area contributed by atoms with Gasteiger partial charge < -0.3 is 31.7 Å². The Labute approximate surface area is 314 Å². The van der Waals surface area contributed by atoms with E-state index >= 15 is 0 Å². The summed E-state index contributed by atoms with van der Waals surface area (Å²) in [7, 11) is 0. The Kier molecular flexibility index (Phi) is 13.9. The molecule has 0 radical (unpaired) electrons. The van der Waals surface area contributed by atoms with Gasteiger partial charge >= 0.3 is 5.97 Å². The molecule has 0 amide bonds. The zero-order chi connectivity index (χ0) is 35.0. The number of fused-ring (bicyclic) bond motifs is 2. The molecule has 268 valence electrons. The molecule has 50 heavy (non-hydrogen) atoms. The molecule has 2 aliphatic heterocycles. The summed E-state index contributed by atoms with van der Waals surface area (Å²) in [5.74, 6) is -0.728. The number of benzene rings is 2.